The van der Waals surface area contributed by atoms with Crippen LogP contribution in [0, 0.1) is 0 Å². The van der Waals surface area contributed by atoms with Crippen molar-refractivity contribution in [2.24, 2.45) is 0 Å². The van der Waals surface area contributed by atoms with E-state index < -0.39 is 8.32 Å². The van der Waals surface area contributed by atoms with Gasteiger partial charge in [-0.1, -0.05) is 20.8 Å². The van der Waals surface area contributed by atoms with Crippen LogP contribution in [0.15, 0.2) is 36.4 Å². The molecule has 0 aliphatic heterocycles. The summed E-state index contributed by atoms with van der Waals surface area (Å²) in [5.41, 5.74) is 13.6. The Bertz CT molecular complexity index is 809. The molecule has 2 rings (SSSR count). The molecule has 0 amide bonds. The lowest BCUT2D eigenvalue weighted by atomic mass is 10.00. The minimum absolute atomic E-state index is 0.0103. The maximum Gasteiger partial charge on any atom is 0.250 e. The highest BCUT2D eigenvalue weighted by molar-refractivity contribution is 6.74. The van der Waals surface area contributed by atoms with E-state index in [2.05, 4.69) is 33.9 Å². The molecule has 2 aromatic rings. The number of benzene rings is 2. The van der Waals surface area contributed by atoms with Crippen molar-refractivity contribution in [2.45, 2.75) is 38.9 Å². The molecule has 0 spiro atoms. The fourth-order valence-corrected chi connectivity index (χ4v) is 3.28. The van der Waals surface area contributed by atoms with E-state index in [1.54, 1.807) is 43.5 Å². The summed E-state index contributed by atoms with van der Waals surface area (Å²) in [7, 11) is -0.566. The van der Waals surface area contributed by atoms with Gasteiger partial charge in [0.25, 0.3) is 8.32 Å². The normalized spacial score (nSPS) is 11.9. The highest BCUT2D eigenvalue weighted by atomic mass is 28.4. The van der Waals surface area contributed by atoms with Crippen LogP contribution >= 0.6 is 0 Å². The summed E-state index contributed by atoms with van der Waals surface area (Å²) in [6.45, 7) is 10.7. The molecule has 0 aromatic heterocycles. The molecular formula is C20H28N2O3Si. The van der Waals surface area contributed by atoms with Crippen molar-refractivity contribution in [3.63, 3.8) is 0 Å². The highest BCUT2D eigenvalue weighted by Crippen LogP contribution is 2.40. The molecule has 0 atom stereocenters. The number of hydrogen-bond donors (Lipinski definition) is 2. The lowest BCUT2D eigenvalue weighted by molar-refractivity contribution is 0.103. The number of nitrogen functional groups attached to an aromatic ring is 2. The van der Waals surface area contributed by atoms with E-state index in [1.807, 2.05) is 0 Å². The van der Waals surface area contributed by atoms with Gasteiger partial charge in [0.1, 0.15) is 11.5 Å². The molecule has 0 fully saturated rings. The standard InChI is InChI=1S/C20H28N2O3Si/c1-20(2,3)26(5,6)25-16-12-11-15(21)18(22)17(16)19(23)13-7-9-14(24-4)10-8-13/h7-12H,21-22H2,1-6H3. The first-order valence-corrected chi connectivity index (χ1v) is 11.4. The molecule has 26 heavy (non-hydrogen) atoms. The Morgan fingerprint density at radius 1 is 1.00 bits per heavy atom. The lowest BCUT2D eigenvalue weighted by Gasteiger charge is -2.37. The van der Waals surface area contributed by atoms with Crippen molar-refractivity contribution in [1.29, 1.82) is 0 Å². The Kier molecular flexibility index (Phi) is 5.37. The topological polar surface area (TPSA) is 87.6 Å². The molecule has 4 N–H and O–H groups in total. The number of carbonyl (C=O) groups is 1. The largest absolute Gasteiger partial charge is 0.543 e. The lowest BCUT2D eigenvalue weighted by Crippen LogP contribution is -2.44. The van der Waals surface area contributed by atoms with Crippen molar-refractivity contribution in [1.82, 2.24) is 0 Å². The van der Waals surface area contributed by atoms with Crippen molar-refractivity contribution in [3.8, 4) is 11.5 Å². The van der Waals surface area contributed by atoms with E-state index in [9.17, 15) is 4.79 Å². The third-order valence-corrected chi connectivity index (χ3v) is 9.33. The third-order valence-electron chi connectivity index (χ3n) is 4.99. The number of methoxy groups -OCH3 is 1. The molecule has 0 aliphatic rings. The van der Waals surface area contributed by atoms with E-state index in [0.717, 1.165) is 0 Å². The number of hydrogen-bond acceptors (Lipinski definition) is 5. The number of carbonyl (C=O) groups excluding carboxylic acids is 1. The summed E-state index contributed by atoms with van der Waals surface area (Å²) in [5.74, 6) is 0.954. The molecule has 5 nitrogen and oxygen atoms in total. The third kappa shape index (κ3) is 3.85. The first-order valence-electron chi connectivity index (χ1n) is 8.53. The predicted octanol–water partition coefficient (Wildman–Crippen LogP) is 4.47. The van der Waals surface area contributed by atoms with Crippen LogP contribution in [0.2, 0.25) is 18.1 Å². The number of ketones is 1. The van der Waals surface area contributed by atoms with Gasteiger partial charge in [0.05, 0.1) is 24.0 Å². The van der Waals surface area contributed by atoms with Crippen LogP contribution in [-0.4, -0.2) is 21.2 Å². The SMILES string of the molecule is COc1ccc(C(=O)c2c(O[Si](C)(C)C(C)(C)C)ccc(N)c2N)cc1. The molecule has 0 bridgehead atoms. The summed E-state index contributed by atoms with van der Waals surface area (Å²) in [5, 5.41) is -0.0103. The van der Waals surface area contributed by atoms with E-state index in [4.69, 9.17) is 20.6 Å². The van der Waals surface area contributed by atoms with E-state index in [1.165, 1.54) is 0 Å². The Balaban J connectivity index is 2.52. The van der Waals surface area contributed by atoms with Gasteiger partial charge in [-0.15, -0.1) is 0 Å². The van der Waals surface area contributed by atoms with Crippen LogP contribution in [0.5, 0.6) is 11.5 Å². The first-order chi connectivity index (χ1) is 12.0. The van der Waals surface area contributed by atoms with Crippen LogP contribution in [0.4, 0.5) is 11.4 Å². The number of nitrogens with two attached hydrogens (primary N) is 2. The minimum atomic E-state index is -2.15. The van der Waals surface area contributed by atoms with E-state index in [0.29, 0.717) is 28.3 Å². The Morgan fingerprint density at radius 3 is 2.08 bits per heavy atom. The van der Waals surface area contributed by atoms with E-state index in [-0.39, 0.29) is 16.5 Å². The monoisotopic (exact) mass is 372 g/mol. The molecule has 0 heterocycles. The molecule has 2 aromatic carbocycles. The zero-order chi connectivity index (χ0) is 19.7. The maximum atomic E-state index is 13.1. The average molecular weight is 373 g/mol. The summed E-state index contributed by atoms with van der Waals surface area (Å²) in [6, 6.07) is 10.3. The minimum Gasteiger partial charge on any atom is -0.543 e. The smallest absolute Gasteiger partial charge is 0.250 e. The summed E-state index contributed by atoms with van der Waals surface area (Å²) in [6.07, 6.45) is 0. The highest BCUT2D eigenvalue weighted by Gasteiger charge is 2.40. The quantitative estimate of drug-likeness (QED) is 0.459. The molecule has 0 aliphatic carbocycles. The van der Waals surface area contributed by atoms with Gasteiger partial charge < -0.3 is 20.6 Å². The fraction of sp³-hybridized carbons (Fsp3) is 0.350. The van der Waals surface area contributed by atoms with Crippen LogP contribution in [0.3, 0.4) is 0 Å². The van der Waals surface area contributed by atoms with Crippen molar-refractivity contribution >= 4 is 25.5 Å². The van der Waals surface area contributed by atoms with Crippen molar-refractivity contribution in [2.75, 3.05) is 18.6 Å². The zero-order valence-corrected chi connectivity index (χ0v) is 17.3. The molecule has 0 saturated carbocycles. The van der Waals surface area contributed by atoms with Crippen LogP contribution < -0.4 is 20.6 Å². The number of ether oxygens (including phenoxy) is 1. The second kappa shape index (κ2) is 7.03. The van der Waals surface area contributed by atoms with Crippen LogP contribution in [-0.2, 0) is 0 Å². The van der Waals surface area contributed by atoms with Gasteiger partial charge in [-0.05, 0) is 54.5 Å². The summed E-state index contributed by atoms with van der Waals surface area (Å²) in [4.78, 5) is 13.1. The van der Waals surface area contributed by atoms with Gasteiger partial charge in [0.15, 0.2) is 5.78 Å². The Labute approximate surface area is 156 Å². The Hall–Kier alpha value is -2.47. The van der Waals surface area contributed by atoms with Gasteiger partial charge in [0.2, 0.25) is 0 Å². The van der Waals surface area contributed by atoms with Crippen LogP contribution in [0.25, 0.3) is 0 Å². The summed E-state index contributed by atoms with van der Waals surface area (Å²) < 4.78 is 11.5. The molecule has 140 valence electrons. The second-order valence-corrected chi connectivity index (χ2v) is 12.6. The van der Waals surface area contributed by atoms with Crippen molar-refractivity contribution < 1.29 is 14.0 Å². The van der Waals surface area contributed by atoms with E-state index >= 15 is 0 Å². The number of rotatable bonds is 5. The molecule has 0 radical (unpaired) electrons. The molecule has 0 unspecified atom stereocenters. The van der Waals surface area contributed by atoms with Gasteiger partial charge in [-0.2, -0.15) is 0 Å². The molecule has 6 heteroatoms. The van der Waals surface area contributed by atoms with Gasteiger partial charge >= 0.3 is 0 Å². The fourth-order valence-electron chi connectivity index (χ4n) is 2.25. The predicted molar refractivity (Wildman–Crippen MR) is 110 cm³/mol. The number of anilines is 2. The average Bonchev–Trinajstić information content (AvgIpc) is 2.57. The van der Waals surface area contributed by atoms with Gasteiger partial charge in [-0.25, -0.2) is 0 Å². The zero-order valence-electron chi connectivity index (χ0n) is 16.3. The van der Waals surface area contributed by atoms with Gasteiger partial charge in [0, 0.05) is 5.56 Å². The Morgan fingerprint density at radius 2 is 1.58 bits per heavy atom. The summed E-state index contributed by atoms with van der Waals surface area (Å²) >= 11 is 0. The molecular weight excluding hydrogens is 344 g/mol. The second-order valence-electron chi connectivity index (χ2n) is 7.86. The molecule has 0 saturated heterocycles. The van der Waals surface area contributed by atoms with Crippen LogP contribution in [0.1, 0.15) is 36.7 Å². The maximum absolute atomic E-state index is 13.1. The van der Waals surface area contributed by atoms with Gasteiger partial charge in [-0.3, -0.25) is 4.79 Å². The first kappa shape index (κ1) is 19.8. The van der Waals surface area contributed by atoms with Crippen molar-refractivity contribution in [3.05, 3.63) is 47.5 Å².